The Morgan fingerprint density at radius 1 is 1.38 bits per heavy atom. The maximum absolute atomic E-state index is 12.1. The van der Waals surface area contributed by atoms with Crippen LogP contribution in [-0.2, 0) is 0 Å². The van der Waals surface area contributed by atoms with Crippen LogP contribution in [0.2, 0.25) is 0 Å². The number of carbonyl (C=O) groups is 1. The summed E-state index contributed by atoms with van der Waals surface area (Å²) in [5.41, 5.74) is 0.0461. The summed E-state index contributed by atoms with van der Waals surface area (Å²) in [7, 11) is 0. The molecule has 2 rings (SSSR count). The first-order chi connectivity index (χ1) is 7.54. The Morgan fingerprint density at radius 2 is 2.06 bits per heavy atom. The molecule has 0 aromatic heterocycles. The fraction of sp³-hybridized carbons (Fsp3) is 0.417. The Bertz CT molecular complexity index is 426. The highest BCUT2D eigenvalue weighted by molar-refractivity contribution is 6.21. The van der Waals surface area contributed by atoms with Gasteiger partial charge in [0.1, 0.15) is 0 Å². The van der Waals surface area contributed by atoms with Crippen molar-refractivity contribution >= 4 is 17.4 Å². The van der Waals surface area contributed by atoms with Gasteiger partial charge < -0.3 is 9.47 Å². The molecule has 1 heterocycles. The number of ketones is 1. The van der Waals surface area contributed by atoms with Gasteiger partial charge in [0.2, 0.25) is 6.79 Å². The van der Waals surface area contributed by atoms with E-state index in [1.807, 2.05) is 13.8 Å². The molecule has 0 saturated carbocycles. The summed E-state index contributed by atoms with van der Waals surface area (Å²) in [5.74, 6) is 1.61. The number of hydrogen-bond donors (Lipinski definition) is 0. The predicted octanol–water partition coefficient (Wildman–Crippen LogP) is 2.86. The molecule has 0 amide bonds. The monoisotopic (exact) mass is 240 g/mol. The summed E-state index contributed by atoms with van der Waals surface area (Å²) in [5, 5.41) is 0. The largest absolute Gasteiger partial charge is 0.454 e. The third-order valence-corrected chi connectivity index (χ3v) is 3.25. The number of halogens is 1. The fourth-order valence-corrected chi connectivity index (χ4v) is 1.61. The van der Waals surface area contributed by atoms with Gasteiger partial charge in [-0.3, -0.25) is 4.79 Å². The number of hydrogen-bond acceptors (Lipinski definition) is 3. The van der Waals surface area contributed by atoms with E-state index in [2.05, 4.69) is 0 Å². The molecule has 0 fully saturated rings. The lowest BCUT2D eigenvalue weighted by molar-refractivity contribution is 0.0861. The number of benzene rings is 1. The van der Waals surface area contributed by atoms with Gasteiger partial charge in [0.05, 0.1) is 0 Å². The topological polar surface area (TPSA) is 35.5 Å². The van der Waals surface area contributed by atoms with Crippen LogP contribution in [0.25, 0.3) is 0 Å². The van der Waals surface area contributed by atoms with Gasteiger partial charge in [-0.2, -0.15) is 0 Å². The molecule has 1 aliphatic rings. The molecule has 86 valence electrons. The molecular weight excluding hydrogens is 228 g/mol. The van der Waals surface area contributed by atoms with Crippen LogP contribution >= 0.6 is 11.6 Å². The molecule has 0 radical (unpaired) electrons. The van der Waals surface area contributed by atoms with Gasteiger partial charge in [-0.15, -0.1) is 11.6 Å². The van der Waals surface area contributed by atoms with Crippen LogP contribution in [0.1, 0.15) is 24.2 Å². The second-order valence-electron chi connectivity index (χ2n) is 4.41. The van der Waals surface area contributed by atoms with E-state index in [-0.39, 0.29) is 12.6 Å². The molecule has 0 spiro atoms. The highest BCUT2D eigenvalue weighted by atomic mass is 35.5. The minimum Gasteiger partial charge on any atom is -0.454 e. The number of rotatable bonds is 3. The summed E-state index contributed by atoms with van der Waals surface area (Å²) in [4.78, 5) is 12.1. The van der Waals surface area contributed by atoms with Gasteiger partial charge in [-0.05, 0) is 18.2 Å². The molecule has 1 aliphatic heterocycles. The van der Waals surface area contributed by atoms with Crippen molar-refractivity contribution < 1.29 is 14.3 Å². The molecular formula is C12H13ClO3. The van der Waals surface area contributed by atoms with Crippen LogP contribution in [0.5, 0.6) is 11.5 Å². The van der Waals surface area contributed by atoms with E-state index in [4.69, 9.17) is 21.1 Å². The highest BCUT2D eigenvalue weighted by Gasteiger charge is 2.28. The number of ether oxygens (including phenoxy) is 2. The fourth-order valence-electron chi connectivity index (χ4n) is 1.49. The summed E-state index contributed by atoms with van der Waals surface area (Å²) in [6.07, 6.45) is 0. The van der Waals surface area contributed by atoms with Gasteiger partial charge in [-0.25, -0.2) is 0 Å². The van der Waals surface area contributed by atoms with E-state index in [1.54, 1.807) is 18.2 Å². The van der Waals surface area contributed by atoms with E-state index in [0.717, 1.165) is 0 Å². The number of Topliss-reactive ketones (excluding diaryl/α,β-unsaturated/α-hetero) is 1. The van der Waals surface area contributed by atoms with Crippen molar-refractivity contribution in [2.75, 3.05) is 12.7 Å². The first-order valence-corrected chi connectivity index (χ1v) is 5.58. The highest BCUT2D eigenvalue weighted by Crippen LogP contribution is 2.34. The Kier molecular flexibility index (Phi) is 2.80. The number of alkyl halides is 1. The van der Waals surface area contributed by atoms with Crippen LogP contribution in [-0.4, -0.2) is 18.5 Å². The van der Waals surface area contributed by atoms with Gasteiger partial charge in [0, 0.05) is 16.9 Å². The maximum Gasteiger partial charge on any atom is 0.231 e. The van der Waals surface area contributed by atoms with Crippen molar-refractivity contribution in [1.82, 2.24) is 0 Å². The Morgan fingerprint density at radius 3 is 2.75 bits per heavy atom. The molecule has 0 unspecified atom stereocenters. The van der Waals surface area contributed by atoms with E-state index in [0.29, 0.717) is 22.9 Å². The smallest absolute Gasteiger partial charge is 0.231 e. The van der Waals surface area contributed by atoms with Crippen LogP contribution in [0.15, 0.2) is 18.2 Å². The normalized spacial score (nSPS) is 13.9. The van der Waals surface area contributed by atoms with Crippen molar-refractivity contribution in [2.24, 2.45) is 5.41 Å². The van der Waals surface area contributed by atoms with Gasteiger partial charge >= 0.3 is 0 Å². The Hall–Kier alpha value is -1.22. The van der Waals surface area contributed by atoms with E-state index >= 15 is 0 Å². The average Bonchev–Trinajstić information content (AvgIpc) is 2.74. The quantitative estimate of drug-likeness (QED) is 0.602. The van der Waals surface area contributed by atoms with E-state index < -0.39 is 5.41 Å². The van der Waals surface area contributed by atoms with Gasteiger partial charge in [-0.1, -0.05) is 13.8 Å². The molecule has 0 N–H and O–H groups in total. The van der Waals surface area contributed by atoms with E-state index in [9.17, 15) is 4.79 Å². The first kappa shape index (κ1) is 11.3. The molecule has 4 heteroatoms. The van der Waals surface area contributed by atoms with Crippen LogP contribution < -0.4 is 9.47 Å². The molecule has 0 bridgehead atoms. The van der Waals surface area contributed by atoms with Crippen LogP contribution in [0.4, 0.5) is 0 Å². The molecule has 16 heavy (non-hydrogen) atoms. The predicted molar refractivity (Wildman–Crippen MR) is 61.4 cm³/mol. The van der Waals surface area contributed by atoms with Crippen molar-refractivity contribution in [3.8, 4) is 11.5 Å². The lowest BCUT2D eigenvalue weighted by atomic mass is 9.86. The SMILES string of the molecule is CC(C)(CCl)C(=O)c1ccc2c(c1)OCO2. The molecule has 0 saturated heterocycles. The maximum atomic E-state index is 12.1. The summed E-state index contributed by atoms with van der Waals surface area (Å²) < 4.78 is 10.4. The molecule has 3 nitrogen and oxygen atoms in total. The molecule has 0 atom stereocenters. The zero-order valence-electron chi connectivity index (χ0n) is 9.25. The summed E-state index contributed by atoms with van der Waals surface area (Å²) in [6.45, 7) is 3.87. The second kappa shape index (κ2) is 3.98. The van der Waals surface area contributed by atoms with Crippen LogP contribution in [0, 0.1) is 5.41 Å². The molecule has 1 aromatic carbocycles. The minimum atomic E-state index is -0.560. The first-order valence-electron chi connectivity index (χ1n) is 5.05. The van der Waals surface area contributed by atoms with Gasteiger partial charge in [0.25, 0.3) is 0 Å². The van der Waals surface area contributed by atoms with Crippen molar-refractivity contribution in [3.63, 3.8) is 0 Å². The zero-order valence-corrected chi connectivity index (χ0v) is 10.0. The number of carbonyl (C=O) groups excluding carboxylic acids is 1. The lowest BCUT2D eigenvalue weighted by Crippen LogP contribution is -2.26. The van der Waals surface area contributed by atoms with Crippen molar-refractivity contribution in [2.45, 2.75) is 13.8 Å². The third-order valence-electron chi connectivity index (χ3n) is 2.58. The minimum absolute atomic E-state index is 0.0146. The Labute approximate surface area is 99.3 Å². The molecule has 0 aliphatic carbocycles. The zero-order chi connectivity index (χ0) is 11.8. The van der Waals surface area contributed by atoms with Crippen molar-refractivity contribution in [3.05, 3.63) is 23.8 Å². The Balaban J connectivity index is 2.32. The third kappa shape index (κ3) is 1.87. The second-order valence-corrected chi connectivity index (χ2v) is 4.68. The lowest BCUT2D eigenvalue weighted by Gasteiger charge is -2.19. The van der Waals surface area contributed by atoms with Gasteiger partial charge in [0.15, 0.2) is 17.3 Å². The number of fused-ring (bicyclic) bond motifs is 1. The summed E-state index contributed by atoms with van der Waals surface area (Å²) in [6, 6.07) is 5.20. The average molecular weight is 241 g/mol. The standard InChI is InChI=1S/C12H13ClO3/c1-12(2,6-13)11(14)8-3-4-9-10(5-8)16-7-15-9/h3-5H,6-7H2,1-2H3. The van der Waals surface area contributed by atoms with E-state index in [1.165, 1.54) is 0 Å². The van der Waals surface area contributed by atoms with Crippen molar-refractivity contribution in [1.29, 1.82) is 0 Å². The summed E-state index contributed by atoms with van der Waals surface area (Å²) >= 11 is 5.78. The van der Waals surface area contributed by atoms with Crippen LogP contribution in [0.3, 0.4) is 0 Å². The molecule has 1 aromatic rings.